The van der Waals surface area contributed by atoms with Gasteiger partial charge in [0.2, 0.25) is 0 Å². The van der Waals surface area contributed by atoms with Gasteiger partial charge in [-0.25, -0.2) is 0 Å². The van der Waals surface area contributed by atoms with Crippen molar-refractivity contribution in [3.63, 3.8) is 0 Å². The van der Waals surface area contributed by atoms with Crippen molar-refractivity contribution in [2.45, 2.75) is 0 Å². The molecule has 1 aromatic carbocycles. The number of hydrogen-bond acceptors (Lipinski definition) is 2. The van der Waals surface area contributed by atoms with Gasteiger partial charge in [0.15, 0.2) is 0 Å². The minimum absolute atomic E-state index is 1.10. The van der Waals surface area contributed by atoms with E-state index in [4.69, 9.17) is 0 Å². The van der Waals surface area contributed by atoms with Crippen LogP contribution in [-0.2, 0) is 7.05 Å². The minimum atomic E-state index is 1.10. The summed E-state index contributed by atoms with van der Waals surface area (Å²) in [6, 6.07) is 10.2. The van der Waals surface area contributed by atoms with E-state index in [0.717, 1.165) is 5.69 Å². The summed E-state index contributed by atoms with van der Waals surface area (Å²) in [5, 5.41) is 4.14. The Labute approximate surface area is 83.6 Å². The molecule has 0 atom stereocenters. The van der Waals surface area contributed by atoms with Gasteiger partial charge in [-0.1, -0.05) is 18.2 Å². The lowest BCUT2D eigenvalue weighted by Crippen LogP contribution is -2.07. The number of para-hydroxylation sites is 1. The van der Waals surface area contributed by atoms with Crippen LogP contribution in [0.1, 0.15) is 0 Å². The van der Waals surface area contributed by atoms with Gasteiger partial charge in [0.05, 0.1) is 11.9 Å². The molecule has 0 spiro atoms. The van der Waals surface area contributed by atoms with Crippen molar-refractivity contribution in [1.82, 2.24) is 9.78 Å². The maximum absolute atomic E-state index is 4.14. The number of rotatable bonds is 2. The van der Waals surface area contributed by atoms with Gasteiger partial charge >= 0.3 is 0 Å². The lowest BCUT2D eigenvalue weighted by Gasteiger charge is -2.16. The minimum Gasteiger partial charge on any atom is -0.342 e. The summed E-state index contributed by atoms with van der Waals surface area (Å²) in [6.45, 7) is 0. The highest BCUT2D eigenvalue weighted by Crippen LogP contribution is 2.21. The second-order valence-corrected chi connectivity index (χ2v) is 3.27. The molecule has 0 amide bonds. The number of aryl methyl sites for hydroxylation is 1. The molecular weight excluding hydrogens is 174 g/mol. The van der Waals surface area contributed by atoms with Crippen molar-refractivity contribution < 1.29 is 0 Å². The van der Waals surface area contributed by atoms with Crippen LogP contribution in [0.3, 0.4) is 0 Å². The fourth-order valence-electron chi connectivity index (χ4n) is 1.38. The van der Waals surface area contributed by atoms with Crippen molar-refractivity contribution in [3.05, 3.63) is 42.7 Å². The zero-order chi connectivity index (χ0) is 9.97. The molecule has 0 saturated heterocycles. The molecule has 0 radical (unpaired) electrons. The molecule has 2 aromatic rings. The maximum Gasteiger partial charge on any atom is 0.0794 e. The molecule has 3 nitrogen and oxygen atoms in total. The molecule has 0 aliphatic rings. The number of anilines is 2. The van der Waals surface area contributed by atoms with Crippen LogP contribution in [0.25, 0.3) is 0 Å². The highest BCUT2D eigenvalue weighted by atomic mass is 15.3. The molecule has 2 rings (SSSR count). The number of benzene rings is 1. The molecule has 0 unspecified atom stereocenters. The lowest BCUT2D eigenvalue weighted by molar-refractivity contribution is 0.767. The van der Waals surface area contributed by atoms with Gasteiger partial charge in [0, 0.05) is 26.0 Å². The molecule has 14 heavy (non-hydrogen) atoms. The number of aromatic nitrogens is 2. The SMILES string of the molecule is CN(c1ccccc1)c1cnn(C)c1. The van der Waals surface area contributed by atoms with Crippen LogP contribution >= 0.6 is 0 Å². The van der Waals surface area contributed by atoms with Crippen molar-refractivity contribution in [3.8, 4) is 0 Å². The maximum atomic E-state index is 4.14. The average molecular weight is 187 g/mol. The Balaban J connectivity index is 2.29. The normalized spacial score (nSPS) is 10.1. The highest BCUT2D eigenvalue weighted by Gasteiger charge is 2.03. The lowest BCUT2D eigenvalue weighted by atomic mass is 10.3. The molecule has 72 valence electrons. The molecule has 0 bridgehead atoms. The third-order valence-corrected chi connectivity index (χ3v) is 2.22. The smallest absolute Gasteiger partial charge is 0.0794 e. The molecule has 0 aliphatic carbocycles. The Morgan fingerprint density at radius 2 is 1.86 bits per heavy atom. The van der Waals surface area contributed by atoms with E-state index < -0.39 is 0 Å². The third kappa shape index (κ3) is 1.62. The van der Waals surface area contributed by atoms with Crippen LogP contribution in [0.4, 0.5) is 11.4 Å². The second-order valence-electron chi connectivity index (χ2n) is 3.27. The summed E-state index contributed by atoms with van der Waals surface area (Å²) in [4.78, 5) is 2.10. The van der Waals surface area contributed by atoms with E-state index in [9.17, 15) is 0 Å². The Hall–Kier alpha value is -1.77. The zero-order valence-corrected chi connectivity index (χ0v) is 8.38. The summed E-state index contributed by atoms with van der Waals surface area (Å²) in [6.07, 6.45) is 3.85. The first-order valence-electron chi connectivity index (χ1n) is 4.55. The zero-order valence-electron chi connectivity index (χ0n) is 8.38. The van der Waals surface area contributed by atoms with Crippen molar-refractivity contribution >= 4 is 11.4 Å². The summed E-state index contributed by atoms with van der Waals surface area (Å²) in [5.41, 5.74) is 2.26. The standard InChI is InChI=1S/C11H13N3/c1-13-9-11(8-12-13)14(2)10-6-4-3-5-7-10/h3-9H,1-2H3. The van der Waals surface area contributed by atoms with Crippen molar-refractivity contribution in [2.75, 3.05) is 11.9 Å². The van der Waals surface area contributed by atoms with Gasteiger partial charge in [-0.15, -0.1) is 0 Å². The Morgan fingerprint density at radius 1 is 1.14 bits per heavy atom. The molecule has 0 fully saturated rings. The van der Waals surface area contributed by atoms with E-state index in [1.165, 1.54) is 5.69 Å². The van der Waals surface area contributed by atoms with Gasteiger partial charge in [0.25, 0.3) is 0 Å². The first-order chi connectivity index (χ1) is 6.77. The molecule has 3 heteroatoms. The third-order valence-electron chi connectivity index (χ3n) is 2.22. The number of hydrogen-bond donors (Lipinski definition) is 0. The molecule has 1 heterocycles. The Morgan fingerprint density at radius 3 is 2.43 bits per heavy atom. The molecule has 0 aliphatic heterocycles. The van der Waals surface area contributed by atoms with Gasteiger partial charge in [-0.05, 0) is 12.1 Å². The van der Waals surface area contributed by atoms with Crippen LogP contribution in [0.15, 0.2) is 42.7 Å². The molecular formula is C11H13N3. The summed E-state index contributed by atoms with van der Waals surface area (Å²) in [5.74, 6) is 0. The molecule has 0 N–H and O–H groups in total. The van der Waals surface area contributed by atoms with Crippen LogP contribution < -0.4 is 4.90 Å². The predicted molar refractivity (Wildman–Crippen MR) is 57.7 cm³/mol. The van der Waals surface area contributed by atoms with E-state index >= 15 is 0 Å². The van der Waals surface area contributed by atoms with Gasteiger partial charge < -0.3 is 4.90 Å². The second kappa shape index (κ2) is 3.54. The van der Waals surface area contributed by atoms with Crippen molar-refractivity contribution in [1.29, 1.82) is 0 Å². The van der Waals surface area contributed by atoms with Crippen LogP contribution in [0.2, 0.25) is 0 Å². The van der Waals surface area contributed by atoms with E-state index in [1.807, 2.05) is 44.7 Å². The van der Waals surface area contributed by atoms with E-state index in [-0.39, 0.29) is 0 Å². The summed E-state index contributed by atoms with van der Waals surface area (Å²) >= 11 is 0. The molecule has 1 aromatic heterocycles. The van der Waals surface area contributed by atoms with Gasteiger partial charge in [0.1, 0.15) is 0 Å². The predicted octanol–water partition coefficient (Wildman–Crippen LogP) is 2.19. The molecule has 0 saturated carbocycles. The Bertz CT molecular complexity index is 405. The van der Waals surface area contributed by atoms with Crippen LogP contribution in [0, 0.1) is 0 Å². The summed E-state index contributed by atoms with van der Waals surface area (Å²) < 4.78 is 1.80. The fraction of sp³-hybridized carbons (Fsp3) is 0.182. The van der Waals surface area contributed by atoms with E-state index in [2.05, 4.69) is 22.1 Å². The number of nitrogens with zero attached hydrogens (tertiary/aromatic N) is 3. The highest BCUT2D eigenvalue weighted by molar-refractivity contribution is 5.60. The van der Waals surface area contributed by atoms with Crippen LogP contribution in [-0.4, -0.2) is 16.8 Å². The topological polar surface area (TPSA) is 21.1 Å². The van der Waals surface area contributed by atoms with E-state index in [1.54, 1.807) is 4.68 Å². The average Bonchev–Trinajstić information content (AvgIpc) is 2.65. The quantitative estimate of drug-likeness (QED) is 0.718. The van der Waals surface area contributed by atoms with Crippen molar-refractivity contribution in [2.24, 2.45) is 7.05 Å². The Kier molecular flexibility index (Phi) is 2.23. The first-order valence-corrected chi connectivity index (χ1v) is 4.55. The fourth-order valence-corrected chi connectivity index (χ4v) is 1.38. The van der Waals surface area contributed by atoms with Gasteiger partial charge in [-0.3, -0.25) is 4.68 Å². The van der Waals surface area contributed by atoms with Crippen LogP contribution in [0.5, 0.6) is 0 Å². The first kappa shape index (κ1) is 8.81. The summed E-state index contributed by atoms with van der Waals surface area (Å²) in [7, 11) is 3.95. The monoisotopic (exact) mass is 187 g/mol. The van der Waals surface area contributed by atoms with Gasteiger partial charge in [-0.2, -0.15) is 5.10 Å². The largest absolute Gasteiger partial charge is 0.342 e. The van der Waals surface area contributed by atoms with E-state index in [0.29, 0.717) is 0 Å².